The van der Waals surface area contributed by atoms with Gasteiger partial charge in [0.15, 0.2) is 0 Å². The maximum Gasteiger partial charge on any atom is 0.237 e. The Morgan fingerprint density at radius 1 is 1.39 bits per heavy atom. The quantitative estimate of drug-likeness (QED) is 0.833. The molecule has 0 saturated heterocycles. The third kappa shape index (κ3) is 5.19. The molecule has 18 heavy (non-hydrogen) atoms. The number of amides is 1. The zero-order chi connectivity index (χ0) is 13.7. The summed E-state index contributed by atoms with van der Waals surface area (Å²) in [4.78, 5) is 14.5. The fraction of sp³-hybridized carbons (Fsp3) is 0.643. The zero-order valence-corrected chi connectivity index (χ0v) is 12.5. The van der Waals surface area contributed by atoms with Gasteiger partial charge in [0, 0.05) is 22.2 Å². The lowest BCUT2D eigenvalue weighted by atomic mass is 10.0. The van der Waals surface area contributed by atoms with E-state index in [1.807, 2.05) is 6.92 Å². The molecule has 3 N–H and O–H groups in total. The van der Waals surface area contributed by atoms with E-state index < -0.39 is 6.04 Å². The molecule has 0 spiro atoms. The molecule has 2 atom stereocenters. The van der Waals surface area contributed by atoms with Crippen LogP contribution in [0.25, 0.3) is 0 Å². The van der Waals surface area contributed by atoms with E-state index in [1.165, 1.54) is 9.75 Å². The second-order valence-electron chi connectivity index (χ2n) is 5.36. The van der Waals surface area contributed by atoms with Crippen LogP contribution in [0.3, 0.4) is 0 Å². The minimum absolute atomic E-state index is 0.0375. The topological polar surface area (TPSA) is 55.1 Å². The lowest BCUT2D eigenvalue weighted by molar-refractivity contribution is -0.123. The molecule has 0 radical (unpaired) electrons. The monoisotopic (exact) mass is 268 g/mol. The number of carbonyl (C=O) groups excluding carboxylic acids is 1. The summed E-state index contributed by atoms with van der Waals surface area (Å²) >= 11 is 1.78. The third-order valence-corrected chi connectivity index (χ3v) is 3.78. The van der Waals surface area contributed by atoms with Crippen LogP contribution in [0.1, 0.15) is 36.9 Å². The van der Waals surface area contributed by atoms with Gasteiger partial charge in [-0.25, -0.2) is 0 Å². The Kier molecular flexibility index (Phi) is 5.82. The Labute approximate surface area is 114 Å². The fourth-order valence-corrected chi connectivity index (χ4v) is 2.93. The number of rotatable bonds is 6. The molecule has 102 valence electrons. The van der Waals surface area contributed by atoms with Gasteiger partial charge < -0.3 is 11.1 Å². The first kappa shape index (κ1) is 15.2. The Morgan fingerprint density at radius 2 is 2.06 bits per heavy atom. The van der Waals surface area contributed by atoms with Gasteiger partial charge >= 0.3 is 0 Å². The molecular formula is C14H24N2OS. The normalized spacial score (nSPS) is 14.6. The van der Waals surface area contributed by atoms with Crippen molar-refractivity contribution < 1.29 is 4.79 Å². The summed E-state index contributed by atoms with van der Waals surface area (Å²) < 4.78 is 0. The van der Waals surface area contributed by atoms with Crippen molar-refractivity contribution in [2.24, 2.45) is 11.7 Å². The van der Waals surface area contributed by atoms with Crippen molar-refractivity contribution >= 4 is 17.2 Å². The minimum Gasteiger partial charge on any atom is -0.352 e. The number of thiophene rings is 1. The van der Waals surface area contributed by atoms with Gasteiger partial charge in [0.25, 0.3) is 0 Å². The van der Waals surface area contributed by atoms with Crippen molar-refractivity contribution in [3.05, 3.63) is 21.9 Å². The van der Waals surface area contributed by atoms with Crippen LogP contribution in [0.5, 0.6) is 0 Å². The van der Waals surface area contributed by atoms with Crippen LogP contribution in [0.15, 0.2) is 12.1 Å². The molecule has 2 unspecified atom stereocenters. The molecule has 1 aromatic heterocycles. The van der Waals surface area contributed by atoms with E-state index >= 15 is 0 Å². The number of nitrogens with one attached hydrogen (secondary N) is 1. The summed E-state index contributed by atoms with van der Waals surface area (Å²) in [5.74, 6) is 0.408. The van der Waals surface area contributed by atoms with Crippen LogP contribution in [-0.2, 0) is 11.2 Å². The Hall–Kier alpha value is -0.870. The highest BCUT2D eigenvalue weighted by Gasteiger charge is 2.17. The maximum absolute atomic E-state index is 11.9. The molecule has 1 aromatic rings. The van der Waals surface area contributed by atoms with E-state index in [4.69, 9.17) is 5.73 Å². The Balaban J connectivity index is 2.39. The molecule has 0 saturated carbocycles. The molecule has 0 bridgehead atoms. The second kappa shape index (κ2) is 6.90. The van der Waals surface area contributed by atoms with Crippen LogP contribution in [-0.4, -0.2) is 18.0 Å². The van der Waals surface area contributed by atoms with Gasteiger partial charge in [0.05, 0.1) is 6.04 Å². The smallest absolute Gasteiger partial charge is 0.237 e. The first-order valence-electron chi connectivity index (χ1n) is 6.49. The average molecular weight is 268 g/mol. The number of nitrogens with two attached hydrogens (primary N) is 1. The first-order chi connectivity index (χ1) is 8.38. The molecule has 4 heteroatoms. The Morgan fingerprint density at radius 3 is 2.56 bits per heavy atom. The lowest BCUT2D eigenvalue weighted by Crippen LogP contribution is -2.45. The van der Waals surface area contributed by atoms with Crippen molar-refractivity contribution in [3.63, 3.8) is 0 Å². The number of aryl methyl sites for hydroxylation is 1. The average Bonchev–Trinajstić information content (AvgIpc) is 2.62. The first-order valence-corrected chi connectivity index (χ1v) is 7.31. The van der Waals surface area contributed by atoms with Crippen LogP contribution in [0.4, 0.5) is 0 Å². The molecule has 3 nitrogen and oxygen atoms in total. The molecule has 0 fully saturated rings. The van der Waals surface area contributed by atoms with E-state index in [0.717, 1.165) is 12.8 Å². The van der Waals surface area contributed by atoms with Crippen molar-refractivity contribution in [2.75, 3.05) is 0 Å². The summed E-state index contributed by atoms with van der Waals surface area (Å²) in [5, 5.41) is 2.99. The van der Waals surface area contributed by atoms with Gasteiger partial charge in [-0.05, 0) is 38.3 Å². The van der Waals surface area contributed by atoms with Gasteiger partial charge in [0.1, 0.15) is 0 Å². The molecule has 0 aliphatic rings. The summed E-state index contributed by atoms with van der Waals surface area (Å²) in [7, 11) is 0. The van der Waals surface area contributed by atoms with Gasteiger partial charge in [-0.15, -0.1) is 11.3 Å². The van der Waals surface area contributed by atoms with Gasteiger partial charge in [0.2, 0.25) is 5.91 Å². The van der Waals surface area contributed by atoms with E-state index in [2.05, 4.69) is 38.2 Å². The predicted molar refractivity (Wildman–Crippen MR) is 77.8 cm³/mol. The van der Waals surface area contributed by atoms with Crippen molar-refractivity contribution in [1.82, 2.24) is 5.32 Å². The minimum atomic E-state index is -0.391. The molecular weight excluding hydrogens is 244 g/mol. The summed E-state index contributed by atoms with van der Waals surface area (Å²) in [5.41, 5.74) is 5.85. The molecule has 0 aliphatic carbocycles. The van der Waals surface area contributed by atoms with Gasteiger partial charge in [-0.3, -0.25) is 4.79 Å². The van der Waals surface area contributed by atoms with E-state index in [0.29, 0.717) is 5.92 Å². The number of carbonyl (C=O) groups is 1. The van der Waals surface area contributed by atoms with E-state index in [9.17, 15) is 4.79 Å². The van der Waals surface area contributed by atoms with Crippen molar-refractivity contribution in [1.29, 1.82) is 0 Å². The summed E-state index contributed by atoms with van der Waals surface area (Å²) in [6.45, 7) is 8.26. The SMILES string of the molecule is Cc1ccc(CC(C)NC(=O)C(N)CC(C)C)s1. The van der Waals surface area contributed by atoms with Crippen molar-refractivity contribution in [2.45, 2.75) is 52.6 Å². The van der Waals surface area contributed by atoms with E-state index in [-0.39, 0.29) is 11.9 Å². The molecule has 1 amide bonds. The van der Waals surface area contributed by atoms with Gasteiger partial charge in [-0.2, -0.15) is 0 Å². The van der Waals surface area contributed by atoms with Gasteiger partial charge in [-0.1, -0.05) is 13.8 Å². The maximum atomic E-state index is 11.9. The lowest BCUT2D eigenvalue weighted by Gasteiger charge is -2.18. The van der Waals surface area contributed by atoms with E-state index in [1.54, 1.807) is 11.3 Å². The zero-order valence-electron chi connectivity index (χ0n) is 11.7. The number of hydrogen-bond donors (Lipinski definition) is 2. The third-order valence-electron chi connectivity index (χ3n) is 2.75. The standard InChI is InChI=1S/C14H24N2OS/c1-9(2)7-13(15)14(17)16-10(3)8-12-6-5-11(4)18-12/h5-6,9-10,13H,7-8,15H2,1-4H3,(H,16,17). The largest absolute Gasteiger partial charge is 0.352 e. The van der Waals surface area contributed by atoms with Crippen molar-refractivity contribution in [3.8, 4) is 0 Å². The molecule has 1 rings (SSSR count). The number of hydrogen-bond acceptors (Lipinski definition) is 3. The highest BCUT2D eigenvalue weighted by atomic mass is 32.1. The summed E-state index contributed by atoms with van der Waals surface area (Å²) in [6.07, 6.45) is 1.61. The van der Waals surface area contributed by atoms with Crippen LogP contribution in [0, 0.1) is 12.8 Å². The van der Waals surface area contributed by atoms with Crippen LogP contribution in [0.2, 0.25) is 0 Å². The van der Waals surface area contributed by atoms with Crippen LogP contribution >= 0.6 is 11.3 Å². The molecule has 0 aromatic carbocycles. The molecule has 0 aliphatic heterocycles. The molecule has 1 heterocycles. The highest BCUT2D eigenvalue weighted by Crippen LogP contribution is 2.16. The fourth-order valence-electron chi connectivity index (χ4n) is 1.91. The summed E-state index contributed by atoms with van der Waals surface area (Å²) in [6, 6.07) is 3.97. The predicted octanol–water partition coefficient (Wildman–Crippen LogP) is 2.48. The Bertz CT molecular complexity index is 387. The van der Waals surface area contributed by atoms with Crippen LogP contribution < -0.4 is 11.1 Å². The second-order valence-corrected chi connectivity index (χ2v) is 6.73. The highest BCUT2D eigenvalue weighted by molar-refractivity contribution is 7.11.